The predicted octanol–water partition coefficient (Wildman–Crippen LogP) is 0.145. The minimum Gasteiger partial charge on any atom is -0.468 e. The van der Waals surface area contributed by atoms with Gasteiger partial charge >= 0.3 is 17.7 Å². The van der Waals surface area contributed by atoms with Gasteiger partial charge in [-0.2, -0.15) is 9.97 Å². The van der Waals surface area contributed by atoms with E-state index >= 15 is 0 Å². The third kappa shape index (κ3) is 5.24. The van der Waals surface area contributed by atoms with Crippen molar-refractivity contribution in [2.75, 3.05) is 45.7 Å². The maximum atomic E-state index is 12.4. The Morgan fingerprint density at radius 1 is 1.41 bits per heavy atom. The minimum atomic E-state index is -0.311. The number of nitrogen functional groups attached to an aromatic ring is 1. The lowest BCUT2D eigenvalue weighted by atomic mass is 10.2. The number of aryl methyl sites for hydroxylation is 1. The number of aromatic nitrogens is 4. The van der Waals surface area contributed by atoms with Gasteiger partial charge in [0.05, 0.1) is 33.0 Å². The van der Waals surface area contributed by atoms with Crippen molar-refractivity contribution in [1.82, 2.24) is 24.4 Å². The van der Waals surface area contributed by atoms with Crippen molar-refractivity contribution < 1.29 is 19.0 Å². The number of aromatic amines is 1. The highest BCUT2D eigenvalue weighted by molar-refractivity contribution is 5.81. The Bertz CT molecular complexity index is 895. The lowest BCUT2D eigenvalue weighted by molar-refractivity contribution is -0.143. The van der Waals surface area contributed by atoms with Crippen LogP contribution in [0.3, 0.4) is 0 Å². The van der Waals surface area contributed by atoms with Crippen LogP contribution in [0.1, 0.15) is 26.2 Å². The molecule has 160 valence electrons. The molecule has 3 N–H and O–H groups in total. The van der Waals surface area contributed by atoms with Gasteiger partial charge in [-0.05, 0) is 12.8 Å². The maximum absolute atomic E-state index is 12.4. The molecule has 11 nitrogen and oxygen atoms in total. The van der Waals surface area contributed by atoms with Crippen LogP contribution in [0.2, 0.25) is 0 Å². The van der Waals surface area contributed by atoms with Gasteiger partial charge in [-0.25, -0.2) is 4.79 Å². The van der Waals surface area contributed by atoms with Crippen LogP contribution in [-0.4, -0.2) is 76.5 Å². The van der Waals surface area contributed by atoms with E-state index in [1.54, 1.807) is 0 Å². The average molecular weight is 408 g/mol. The van der Waals surface area contributed by atoms with Crippen molar-refractivity contribution in [3.63, 3.8) is 0 Å². The van der Waals surface area contributed by atoms with Crippen molar-refractivity contribution >= 4 is 23.0 Å². The molecular weight excluding hydrogens is 380 g/mol. The number of hydrogen-bond donors (Lipinski definition) is 2. The zero-order valence-corrected chi connectivity index (χ0v) is 16.8. The molecular formula is C18H28N6O5. The Kier molecular flexibility index (Phi) is 7.04. The number of esters is 1. The molecule has 0 amide bonds. The molecule has 0 spiro atoms. The third-order valence-electron chi connectivity index (χ3n) is 4.84. The number of hydrogen-bond acceptors (Lipinski definition) is 9. The molecule has 1 atom stereocenters. The van der Waals surface area contributed by atoms with Crippen molar-refractivity contribution in [3.05, 3.63) is 10.5 Å². The van der Waals surface area contributed by atoms with Crippen molar-refractivity contribution in [2.45, 2.75) is 38.8 Å². The number of carbonyl (C=O) groups excluding carboxylic acids is 1. The van der Waals surface area contributed by atoms with E-state index in [9.17, 15) is 9.59 Å². The van der Waals surface area contributed by atoms with Gasteiger partial charge in [-0.1, -0.05) is 13.3 Å². The number of rotatable bonds is 9. The second-order valence-corrected chi connectivity index (χ2v) is 6.97. The molecule has 0 saturated carbocycles. The van der Waals surface area contributed by atoms with Gasteiger partial charge in [-0.15, -0.1) is 0 Å². The number of ether oxygens (including phenoxy) is 3. The SMILES string of the molecule is CCCCOc1nc(N)c2[nH]c(=O)n(CCC3CN(CC(=O)OC)CCO3)c2n1. The summed E-state index contributed by atoms with van der Waals surface area (Å²) in [4.78, 5) is 37.1. The molecule has 3 heterocycles. The number of nitrogens with zero attached hydrogens (tertiary/aromatic N) is 4. The first kappa shape index (κ1) is 21.1. The fourth-order valence-corrected chi connectivity index (χ4v) is 3.23. The number of methoxy groups -OCH3 is 1. The Hall–Kier alpha value is -2.66. The van der Waals surface area contributed by atoms with Gasteiger partial charge in [0, 0.05) is 19.6 Å². The molecule has 1 unspecified atom stereocenters. The van der Waals surface area contributed by atoms with Crippen LogP contribution >= 0.6 is 0 Å². The summed E-state index contributed by atoms with van der Waals surface area (Å²) in [6, 6.07) is 0.161. The molecule has 0 aliphatic carbocycles. The number of nitrogens with two attached hydrogens (primary N) is 1. The standard InChI is InChI=1S/C18H28N6O5/c1-3-4-8-29-17-21-15(19)14-16(22-17)24(18(26)20-14)6-5-12-10-23(7-9-28-12)11-13(25)27-2/h12H,3-11H2,1-2H3,(H,20,26)(H2,19,21,22). The first-order chi connectivity index (χ1) is 14.0. The smallest absolute Gasteiger partial charge is 0.327 e. The summed E-state index contributed by atoms with van der Waals surface area (Å²) in [6.07, 6.45) is 2.34. The Morgan fingerprint density at radius 2 is 2.24 bits per heavy atom. The van der Waals surface area contributed by atoms with Gasteiger partial charge in [0.1, 0.15) is 5.52 Å². The number of morpholine rings is 1. The van der Waals surface area contributed by atoms with Gasteiger partial charge in [0.15, 0.2) is 11.5 Å². The van der Waals surface area contributed by atoms with Crippen LogP contribution in [-0.2, 0) is 20.8 Å². The molecule has 2 aromatic heterocycles. The largest absolute Gasteiger partial charge is 0.468 e. The lowest BCUT2D eigenvalue weighted by Gasteiger charge is -2.32. The van der Waals surface area contributed by atoms with E-state index in [0.717, 1.165) is 12.8 Å². The Labute approximate surface area is 168 Å². The van der Waals surface area contributed by atoms with Gasteiger partial charge in [-0.3, -0.25) is 14.3 Å². The van der Waals surface area contributed by atoms with Crippen molar-refractivity contribution in [2.24, 2.45) is 0 Å². The van der Waals surface area contributed by atoms with Gasteiger partial charge < -0.3 is 24.9 Å². The molecule has 1 fully saturated rings. The zero-order valence-electron chi connectivity index (χ0n) is 16.8. The number of carbonyl (C=O) groups is 1. The van der Waals surface area contributed by atoms with E-state index in [2.05, 4.69) is 21.9 Å². The molecule has 11 heteroatoms. The quantitative estimate of drug-likeness (QED) is 0.438. The van der Waals surface area contributed by atoms with E-state index in [-0.39, 0.29) is 36.1 Å². The highest BCUT2D eigenvalue weighted by Crippen LogP contribution is 2.19. The number of fused-ring (bicyclic) bond motifs is 1. The molecule has 2 aromatic rings. The topological polar surface area (TPSA) is 138 Å². The summed E-state index contributed by atoms with van der Waals surface area (Å²) in [5.74, 6) is -0.100. The second-order valence-electron chi connectivity index (χ2n) is 6.97. The highest BCUT2D eigenvalue weighted by atomic mass is 16.5. The second kappa shape index (κ2) is 9.70. The van der Waals surface area contributed by atoms with E-state index in [4.69, 9.17) is 19.9 Å². The van der Waals surface area contributed by atoms with E-state index in [1.165, 1.54) is 11.7 Å². The van der Waals surface area contributed by atoms with Crippen molar-refractivity contribution in [3.8, 4) is 6.01 Å². The van der Waals surface area contributed by atoms with Crippen molar-refractivity contribution in [1.29, 1.82) is 0 Å². The summed E-state index contributed by atoms with van der Waals surface area (Å²) < 4.78 is 17.6. The number of unbranched alkanes of at least 4 members (excludes halogenated alkanes) is 1. The van der Waals surface area contributed by atoms with Crippen LogP contribution in [0, 0.1) is 0 Å². The predicted molar refractivity (Wildman–Crippen MR) is 106 cm³/mol. The normalized spacial score (nSPS) is 17.5. The van der Waals surface area contributed by atoms with Gasteiger partial charge in [0.25, 0.3) is 0 Å². The highest BCUT2D eigenvalue weighted by Gasteiger charge is 2.23. The monoisotopic (exact) mass is 408 g/mol. The number of nitrogens with one attached hydrogen (secondary N) is 1. The Morgan fingerprint density at radius 3 is 3.00 bits per heavy atom. The molecule has 29 heavy (non-hydrogen) atoms. The molecule has 1 aliphatic heterocycles. The lowest BCUT2D eigenvalue weighted by Crippen LogP contribution is -2.45. The fraction of sp³-hybridized carbons (Fsp3) is 0.667. The average Bonchev–Trinajstić information content (AvgIpc) is 3.02. The minimum absolute atomic E-state index is 0.107. The summed E-state index contributed by atoms with van der Waals surface area (Å²) in [7, 11) is 1.37. The van der Waals surface area contributed by atoms with E-state index in [1.807, 2.05) is 4.90 Å². The molecule has 1 aliphatic rings. The number of imidazole rings is 1. The summed E-state index contributed by atoms with van der Waals surface area (Å²) >= 11 is 0. The third-order valence-corrected chi connectivity index (χ3v) is 4.84. The molecule has 0 aromatic carbocycles. The first-order valence-electron chi connectivity index (χ1n) is 9.81. The summed E-state index contributed by atoms with van der Waals surface area (Å²) in [5, 5.41) is 0. The number of anilines is 1. The van der Waals surface area contributed by atoms with Crippen LogP contribution in [0.15, 0.2) is 4.79 Å². The van der Waals surface area contributed by atoms with Crippen LogP contribution in [0.25, 0.3) is 11.2 Å². The van der Waals surface area contributed by atoms with E-state index in [0.29, 0.717) is 50.4 Å². The van der Waals surface area contributed by atoms with Gasteiger partial charge in [0.2, 0.25) is 0 Å². The molecule has 0 radical (unpaired) electrons. The maximum Gasteiger partial charge on any atom is 0.327 e. The molecule has 1 saturated heterocycles. The Balaban J connectivity index is 1.70. The van der Waals surface area contributed by atoms with Crippen LogP contribution in [0.4, 0.5) is 5.82 Å². The number of H-pyrrole nitrogens is 1. The fourth-order valence-electron chi connectivity index (χ4n) is 3.23. The summed E-state index contributed by atoms with van der Waals surface area (Å²) in [5.41, 5.74) is 6.47. The van der Waals surface area contributed by atoms with Crippen LogP contribution in [0.5, 0.6) is 6.01 Å². The molecule has 3 rings (SSSR count). The zero-order chi connectivity index (χ0) is 20.8. The van der Waals surface area contributed by atoms with Crippen LogP contribution < -0.4 is 16.2 Å². The van der Waals surface area contributed by atoms with E-state index < -0.39 is 0 Å². The first-order valence-corrected chi connectivity index (χ1v) is 9.81. The summed E-state index contributed by atoms with van der Waals surface area (Å²) in [6.45, 7) is 4.95. The molecule has 0 bridgehead atoms.